The van der Waals surface area contributed by atoms with E-state index in [0.29, 0.717) is 17.7 Å². The van der Waals surface area contributed by atoms with Crippen molar-refractivity contribution in [3.63, 3.8) is 0 Å². The highest BCUT2D eigenvalue weighted by Crippen LogP contribution is 2.31. The van der Waals surface area contributed by atoms with Crippen molar-refractivity contribution in [1.29, 1.82) is 0 Å². The van der Waals surface area contributed by atoms with Crippen LogP contribution in [0.25, 0.3) is 0 Å². The number of aliphatic hydroxyl groups excluding tert-OH is 1. The highest BCUT2D eigenvalue weighted by atomic mass is 16.5. The van der Waals surface area contributed by atoms with Gasteiger partial charge in [-0.25, -0.2) is 0 Å². The molecule has 3 aromatic rings. The molecule has 1 N–H and O–H groups in total. The maximum Gasteiger partial charge on any atom is 0.313 e. The Labute approximate surface area is 221 Å². The molecule has 0 aliphatic carbocycles. The van der Waals surface area contributed by atoms with Crippen molar-refractivity contribution in [2.75, 3.05) is 19.6 Å². The summed E-state index contributed by atoms with van der Waals surface area (Å²) in [5.74, 6) is -0.0441. The molecule has 1 heterocycles. The topological polar surface area (TPSA) is 59.0 Å². The summed E-state index contributed by atoms with van der Waals surface area (Å²) in [5.41, 5.74) is 3.05. The van der Waals surface area contributed by atoms with Crippen LogP contribution in [0.15, 0.2) is 84.9 Å². The first-order valence-corrected chi connectivity index (χ1v) is 13.5. The quantitative estimate of drug-likeness (QED) is 0.246. The van der Waals surface area contributed by atoms with Gasteiger partial charge in [-0.05, 0) is 49.4 Å². The highest BCUT2D eigenvalue weighted by Gasteiger charge is 2.25. The third kappa shape index (κ3) is 7.75. The number of esters is 1. The molecule has 0 saturated carbocycles. The van der Waals surface area contributed by atoms with E-state index in [0.717, 1.165) is 38.9 Å². The minimum atomic E-state index is -0.658. The third-order valence-electron chi connectivity index (χ3n) is 6.98. The van der Waals surface area contributed by atoms with Crippen molar-refractivity contribution < 1.29 is 19.4 Å². The number of hydrogen-bond acceptors (Lipinski definition) is 5. The molecule has 5 heteroatoms. The lowest BCUT2D eigenvalue weighted by molar-refractivity contribution is -0.137. The lowest BCUT2D eigenvalue weighted by Gasteiger charge is -2.34. The third-order valence-corrected chi connectivity index (χ3v) is 6.98. The molecular weight excluding hydrogens is 462 g/mol. The molecule has 1 atom stereocenters. The van der Waals surface area contributed by atoms with Gasteiger partial charge in [0.05, 0.1) is 18.1 Å². The molecule has 1 aliphatic rings. The number of rotatable bonds is 11. The molecule has 4 rings (SSSR count). The molecule has 0 bridgehead atoms. The molecular formula is C32H39NO4. The number of carbonyl (C=O) groups excluding carboxylic acids is 1. The summed E-state index contributed by atoms with van der Waals surface area (Å²) < 4.78 is 12.2. The number of para-hydroxylation sites is 1. The van der Waals surface area contributed by atoms with Gasteiger partial charge in [-0.15, -0.1) is 0 Å². The lowest BCUT2D eigenvalue weighted by Crippen LogP contribution is -2.38. The summed E-state index contributed by atoms with van der Waals surface area (Å²) in [7, 11) is 0. The number of aliphatic hydroxyl groups is 1. The Kier molecular flexibility index (Phi) is 9.89. The molecule has 0 amide bonds. The van der Waals surface area contributed by atoms with E-state index in [4.69, 9.17) is 9.47 Å². The molecule has 1 saturated heterocycles. The summed E-state index contributed by atoms with van der Waals surface area (Å²) >= 11 is 0. The van der Waals surface area contributed by atoms with Crippen LogP contribution in [0.3, 0.4) is 0 Å². The fraction of sp³-hybridized carbons (Fsp3) is 0.406. The van der Waals surface area contributed by atoms with Crippen LogP contribution in [0.2, 0.25) is 0 Å². The van der Waals surface area contributed by atoms with Gasteiger partial charge in [0.2, 0.25) is 0 Å². The van der Waals surface area contributed by atoms with E-state index in [1.807, 2.05) is 30.3 Å². The van der Waals surface area contributed by atoms with Crippen molar-refractivity contribution in [2.24, 2.45) is 5.92 Å². The Morgan fingerprint density at radius 2 is 1.46 bits per heavy atom. The summed E-state index contributed by atoms with van der Waals surface area (Å²) in [6, 6.07) is 28.2. The second-order valence-corrected chi connectivity index (χ2v) is 10.2. The fourth-order valence-electron chi connectivity index (χ4n) is 4.81. The standard InChI is InChI=1S/C32H39NO4/c1-24(2)32(35)37-30-18-10-9-16-28(30)29(34)17-11-21-33-22-19-27(20-23-33)36-31(25-12-5-3-6-13-25)26-14-7-4-8-15-26/h3-10,12-16,18,24,27,29,31,34H,11,17,19-23H2,1-2H3. The summed E-state index contributed by atoms with van der Waals surface area (Å²) in [5, 5.41) is 10.8. The zero-order valence-electron chi connectivity index (χ0n) is 22.0. The molecule has 37 heavy (non-hydrogen) atoms. The molecule has 1 unspecified atom stereocenters. The summed E-state index contributed by atoms with van der Waals surface area (Å²) in [4.78, 5) is 14.5. The van der Waals surface area contributed by atoms with Crippen LogP contribution in [-0.4, -0.2) is 41.7 Å². The lowest BCUT2D eigenvalue weighted by atomic mass is 10.00. The molecule has 3 aromatic carbocycles. The Morgan fingerprint density at radius 1 is 0.892 bits per heavy atom. The Bertz CT molecular complexity index is 1050. The number of hydrogen-bond donors (Lipinski definition) is 1. The van der Waals surface area contributed by atoms with Gasteiger partial charge < -0.3 is 19.5 Å². The van der Waals surface area contributed by atoms with E-state index in [2.05, 4.69) is 53.4 Å². The summed E-state index contributed by atoms with van der Waals surface area (Å²) in [6.45, 7) is 6.51. The predicted octanol–water partition coefficient (Wildman–Crippen LogP) is 6.33. The van der Waals surface area contributed by atoms with Crippen LogP contribution >= 0.6 is 0 Å². The molecule has 1 aliphatic heterocycles. The first kappa shape index (κ1) is 27.1. The van der Waals surface area contributed by atoms with Crippen molar-refractivity contribution in [3.05, 3.63) is 102 Å². The smallest absolute Gasteiger partial charge is 0.313 e. The van der Waals surface area contributed by atoms with Crippen LogP contribution in [0, 0.1) is 5.92 Å². The number of likely N-dealkylation sites (tertiary alicyclic amines) is 1. The first-order valence-electron chi connectivity index (χ1n) is 13.5. The van der Waals surface area contributed by atoms with Crippen molar-refractivity contribution >= 4 is 5.97 Å². The second-order valence-electron chi connectivity index (χ2n) is 10.2. The minimum Gasteiger partial charge on any atom is -0.426 e. The number of carbonyl (C=O) groups is 1. The Morgan fingerprint density at radius 3 is 2.05 bits per heavy atom. The number of nitrogens with zero attached hydrogens (tertiary/aromatic N) is 1. The normalized spacial score (nSPS) is 15.7. The predicted molar refractivity (Wildman–Crippen MR) is 146 cm³/mol. The van der Waals surface area contributed by atoms with Crippen LogP contribution in [0.1, 0.15) is 68.4 Å². The first-order chi connectivity index (χ1) is 18.0. The molecule has 196 valence electrons. The maximum atomic E-state index is 12.0. The van der Waals surface area contributed by atoms with Crippen molar-refractivity contribution in [2.45, 2.75) is 57.8 Å². The average molecular weight is 502 g/mol. The zero-order chi connectivity index (χ0) is 26.0. The van der Waals surface area contributed by atoms with Crippen LogP contribution in [-0.2, 0) is 9.53 Å². The van der Waals surface area contributed by atoms with Crippen LogP contribution < -0.4 is 4.74 Å². The van der Waals surface area contributed by atoms with E-state index in [1.165, 1.54) is 11.1 Å². The Balaban J connectivity index is 1.25. The van der Waals surface area contributed by atoms with Gasteiger partial charge in [-0.2, -0.15) is 0 Å². The van der Waals surface area contributed by atoms with Gasteiger partial charge >= 0.3 is 5.97 Å². The van der Waals surface area contributed by atoms with Gasteiger partial charge in [0.15, 0.2) is 0 Å². The zero-order valence-corrected chi connectivity index (χ0v) is 22.0. The van der Waals surface area contributed by atoms with Gasteiger partial charge in [0.25, 0.3) is 0 Å². The average Bonchev–Trinajstić information content (AvgIpc) is 2.93. The molecule has 5 nitrogen and oxygen atoms in total. The fourth-order valence-corrected chi connectivity index (χ4v) is 4.81. The number of piperidine rings is 1. The van der Waals surface area contributed by atoms with E-state index < -0.39 is 6.10 Å². The summed E-state index contributed by atoms with van der Waals surface area (Å²) in [6.07, 6.45) is 2.98. The maximum absolute atomic E-state index is 12.0. The van der Waals surface area contributed by atoms with Crippen molar-refractivity contribution in [1.82, 2.24) is 4.90 Å². The highest BCUT2D eigenvalue weighted by molar-refractivity contribution is 5.74. The van der Waals surface area contributed by atoms with Crippen LogP contribution in [0.5, 0.6) is 5.75 Å². The molecule has 0 aromatic heterocycles. The van der Waals surface area contributed by atoms with Crippen LogP contribution in [0.4, 0.5) is 0 Å². The second kappa shape index (κ2) is 13.5. The molecule has 0 radical (unpaired) electrons. The van der Waals surface area contributed by atoms with E-state index in [1.54, 1.807) is 19.9 Å². The SMILES string of the molecule is CC(C)C(=O)Oc1ccccc1C(O)CCCN1CCC(OC(c2ccccc2)c2ccccc2)CC1. The van der Waals surface area contributed by atoms with Gasteiger partial charge in [-0.1, -0.05) is 92.7 Å². The van der Waals surface area contributed by atoms with E-state index >= 15 is 0 Å². The largest absolute Gasteiger partial charge is 0.426 e. The minimum absolute atomic E-state index is 0.0565. The molecule has 1 fully saturated rings. The molecule has 0 spiro atoms. The van der Waals surface area contributed by atoms with Gasteiger partial charge in [0.1, 0.15) is 11.9 Å². The van der Waals surface area contributed by atoms with Gasteiger partial charge in [-0.3, -0.25) is 4.79 Å². The van der Waals surface area contributed by atoms with E-state index in [-0.39, 0.29) is 24.1 Å². The Hall–Kier alpha value is -2.99. The van der Waals surface area contributed by atoms with Crippen molar-refractivity contribution in [3.8, 4) is 5.75 Å². The van der Waals surface area contributed by atoms with E-state index in [9.17, 15) is 9.90 Å². The number of benzene rings is 3. The number of ether oxygens (including phenoxy) is 2. The van der Waals surface area contributed by atoms with Gasteiger partial charge in [0, 0.05) is 18.7 Å². The monoisotopic (exact) mass is 501 g/mol.